The fourth-order valence-corrected chi connectivity index (χ4v) is 1.39. The molecule has 0 aliphatic heterocycles. The average Bonchev–Trinajstić information content (AvgIpc) is 2.07. The van der Waals surface area contributed by atoms with E-state index in [9.17, 15) is 17.6 Å². The molecule has 0 aliphatic carbocycles. The van der Waals surface area contributed by atoms with Crippen molar-refractivity contribution in [2.24, 2.45) is 0 Å². The van der Waals surface area contributed by atoms with Gasteiger partial charge in [-0.1, -0.05) is 17.7 Å². The molecule has 0 saturated carbocycles. The van der Waals surface area contributed by atoms with E-state index in [4.69, 9.17) is 11.6 Å². The van der Waals surface area contributed by atoms with Crippen LogP contribution < -0.4 is 5.32 Å². The summed E-state index contributed by atoms with van der Waals surface area (Å²) in [6.45, 7) is 0. The molecule has 1 unspecified atom stereocenters. The SMILES string of the molecule is CNC(c1ccc(Cl)cc1F)C(F)(F)F. The predicted molar refractivity (Wildman–Crippen MR) is 49.3 cm³/mol. The fraction of sp³-hybridized carbons (Fsp3) is 0.333. The van der Waals surface area contributed by atoms with Gasteiger partial charge < -0.3 is 5.32 Å². The number of nitrogens with one attached hydrogen (secondary N) is 1. The molecule has 1 atom stereocenters. The molecule has 0 fully saturated rings. The van der Waals surface area contributed by atoms with Crippen molar-refractivity contribution in [3.05, 3.63) is 34.6 Å². The summed E-state index contributed by atoms with van der Waals surface area (Å²) in [7, 11) is 1.12. The number of hydrogen-bond acceptors (Lipinski definition) is 1. The lowest BCUT2D eigenvalue weighted by Gasteiger charge is -2.20. The van der Waals surface area contributed by atoms with Gasteiger partial charge in [0.15, 0.2) is 0 Å². The van der Waals surface area contributed by atoms with Crippen LogP contribution in [0.2, 0.25) is 5.02 Å². The third-order valence-electron chi connectivity index (χ3n) is 1.89. The molecule has 84 valence electrons. The van der Waals surface area contributed by atoms with Crippen LogP contribution in [0.1, 0.15) is 11.6 Å². The second kappa shape index (κ2) is 4.37. The highest BCUT2D eigenvalue weighted by Gasteiger charge is 2.41. The van der Waals surface area contributed by atoms with E-state index in [1.54, 1.807) is 0 Å². The maximum Gasteiger partial charge on any atom is 0.408 e. The number of benzene rings is 1. The molecule has 0 spiro atoms. The van der Waals surface area contributed by atoms with Gasteiger partial charge in [-0.15, -0.1) is 0 Å². The average molecular weight is 242 g/mol. The predicted octanol–water partition coefficient (Wildman–Crippen LogP) is 3.30. The zero-order valence-electron chi connectivity index (χ0n) is 7.70. The molecule has 15 heavy (non-hydrogen) atoms. The van der Waals surface area contributed by atoms with Crippen LogP contribution in [0.4, 0.5) is 17.6 Å². The third kappa shape index (κ3) is 2.82. The highest BCUT2D eigenvalue weighted by atomic mass is 35.5. The lowest BCUT2D eigenvalue weighted by Crippen LogP contribution is -2.32. The topological polar surface area (TPSA) is 12.0 Å². The Kier molecular flexibility index (Phi) is 3.57. The van der Waals surface area contributed by atoms with Crippen LogP contribution in [0.15, 0.2) is 18.2 Å². The molecule has 0 aromatic heterocycles. The summed E-state index contributed by atoms with van der Waals surface area (Å²) in [5.41, 5.74) is -0.464. The highest BCUT2D eigenvalue weighted by molar-refractivity contribution is 6.30. The molecule has 1 N–H and O–H groups in total. The van der Waals surface area contributed by atoms with Gasteiger partial charge in [-0.05, 0) is 19.2 Å². The summed E-state index contributed by atoms with van der Waals surface area (Å²) < 4.78 is 50.5. The number of alkyl halides is 3. The van der Waals surface area contributed by atoms with Crippen LogP contribution in [0, 0.1) is 5.82 Å². The standard InChI is InChI=1S/C9H8ClF4N/c1-15-8(9(12,13)14)6-3-2-5(10)4-7(6)11/h2-4,8,15H,1H3. The lowest BCUT2D eigenvalue weighted by atomic mass is 10.1. The molecular weight excluding hydrogens is 234 g/mol. The Balaban J connectivity index is 3.13. The van der Waals surface area contributed by atoms with Crippen molar-refractivity contribution in [1.29, 1.82) is 0 Å². The highest BCUT2D eigenvalue weighted by Crippen LogP contribution is 2.34. The molecule has 1 aromatic rings. The van der Waals surface area contributed by atoms with Crippen LogP contribution in [0.3, 0.4) is 0 Å². The summed E-state index contributed by atoms with van der Waals surface area (Å²) in [5.74, 6) is -0.973. The maximum atomic E-state index is 13.2. The Bertz CT molecular complexity index is 350. The Hall–Kier alpha value is -0.810. The van der Waals surface area contributed by atoms with E-state index in [0.717, 1.165) is 19.2 Å². The number of hydrogen-bond donors (Lipinski definition) is 1. The summed E-state index contributed by atoms with van der Waals surface area (Å²) >= 11 is 5.44. The van der Waals surface area contributed by atoms with E-state index >= 15 is 0 Å². The first-order chi connectivity index (χ1) is 6.86. The zero-order chi connectivity index (χ0) is 11.6. The largest absolute Gasteiger partial charge is 0.408 e. The van der Waals surface area contributed by atoms with Gasteiger partial charge in [0, 0.05) is 10.6 Å². The normalized spacial score (nSPS) is 14.0. The van der Waals surface area contributed by atoms with E-state index in [1.165, 1.54) is 6.07 Å². The first-order valence-electron chi connectivity index (χ1n) is 4.05. The smallest absolute Gasteiger partial charge is 0.305 e. The molecule has 1 aromatic carbocycles. The van der Waals surface area contributed by atoms with Crippen molar-refractivity contribution in [3.63, 3.8) is 0 Å². The minimum absolute atomic E-state index is 0.0632. The van der Waals surface area contributed by atoms with Crippen LogP contribution in [0.25, 0.3) is 0 Å². The van der Waals surface area contributed by atoms with Crippen LogP contribution in [-0.4, -0.2) is 13.2 Å². The van der Waals surface area contributed by atoms with Gasteiger partial charge in [-0.25, -0.2) is 4.39 Å². The first kappa shape index (κ1) is 12.3. The monoisotopic (exact) mass is 241 g/mol. The molecule has 0 heterocycles. The Labute approximate surface area is 89.0 Å². The second-order valence-electron chi connectivity index (χ2n) is 2.93. The molecule has 6 heteroatoms. The van der Waals surface area contributed by atoms with Crippen molar-refractivity contribution in [3.8, 4) is 0 Å². The van der Waals surface area contributed by atoms with Crippen molar-refractivity contribution < 1.29 is 17.6 Å². The van der Waals surface area contributed by atoms with Gasteiger partial charge >= 0.3 is 6.18 Å². The summed E-state index contributed by atoms with van der Waals surface area (Å²) in [6.07, 6.45) is -4.54. The number of rotatable bonds is 2. The van der Waals surface area contributed by atoms with Crippen LogP contribution >= 0.6 is 11.6 Å². The minimum Gasteiger partial charge on any atom is -0.305 e. The van der Waals surface area contributed by atoms with Gasteiger partial charge in [0.25, 0.3) is 0 Å². The molecule has 0 aliphatic rings. The Morgan fingerprint density at radius 3 is 2.33 bits per heavy atom. The number of halogens is 5. The quantitative estimate of drug-likeness (QED) is 0.784. The molecule has 0 saturated heterocycles. The fourth-order valence-electron chi connectivity index (χ4n) is 1.23. The van der Waals surface area contributed by atoms with E-state index in [1.807, 2.05) is 5.32 Å². The zero-order valence-corrected chi connectivity index (χ0v) is 8.46. The van der Waals surface area contributed by atoms with Gasteiger partial charge in [-0.2, -0.15) is 13.2 Å². The van der Waals surface area contributed by atoms with E-state index < -0.39 is 23.6 Å². The molecule has 1 nitrogen and oxygen atoms in total. The summed E-state index contributed by atoms with van der Waals surface area (Å²) in [6, 6.07) is 1.07. The molecular formula is C9H8ClF4N. The Morgan fingerprint density at radius 1 is 1.33 bits per heavy atom. The second-order valence-corrected chi connectivity index (χ2v) is 3.37. The summed E-state index contributed by atoms with van der Waals surface area (Å²) in [5, 5.41) is 2.07. The van der Waals surface area contributed by atoms with Crippen molar-refractivity contribution in [1.82, 2.24) is 5.32 Å². The third-order valence-corrected chi connectivity index (χ3v) is 2.12. The molecule has 0 bridgehead atoms. The van der Waals surface area contributed by atoms with Crippen LogP contribution in [0.5, 0.6) is 0 Å². The van der Waals surface area contributed by atoms with Crippen molar-refractivity contribution in [2.45, 2.75) is 12.2 Å². The van der Waals surface area contributed by atoms with Gasteiger partial charge in [-0.3, -0.25) is 0 Å². The van der Waals surface area contributed by atoms with E-state index in [-0.39, 0.29) is 5.02 Å². The summed E-state index contributed by atoms with van der Waals surface area (Å²) in [4.78, 5) is 0. The van der Waals surface area contributed by atoms with Crippen LogP contribution in [-0.2, 0) is 0 Å². The van der Waals surface area contributed by atoms with E-state index in [2.05, 4.69) is 0 Å². The molecule has 0 amide bonds. The molecule has 0 radical (unpaired) electrons. The van der Waals surface area contributed by atoms with Crippen molar-refractivity contribution in [2.75, 3.05) is 7.05 Å². The lowest BCUT2D eigenvalue weighted by molar-refractivity contribution is -0.156. The minimum atomic E-state index is -4.54. The Morgan fingerprint density at radius 2 is 1.93 bits per heavy atom. The van der Waals surface area contributed by atoms with Crippen molar-refractivity contribution >= 4 is 11.6 Å². The van der Waals surface area contributed by atoms with Gasteiger partial charge in [0.05, 0.1) is 0 Å². The molecule has 1 rings (SSSR count). The van der Waals surface area contributed by atoms with Gasteiger partial charge in [0.2, 0.25) is 0 Å². The van der Waals surface area contributed by atoms with Gasteiger partial charge in [0.1, 0.15) is 11.9 Å². The first-order valence-corrected chi connectivity index (χ1v) is 4.43. The van der Waals surface area contributed by atoms with E-state index in [0.29, 0.717) is 0 Å². The maximum absolute atomic E-state index is 13.2.